The van der Waals surface area contributed by atoms with Crippen LogP contribution in [-0.2, 0) is 0 Å². The van der Waals surface area contributed by atoms with E-state index in [2.05, 4.69) is 56.2 Å². The van der Waals surface area contributed by atoms with Gasteiger partial charge >= 0.3 is 37.7 Å². The SMILES string of the molecule is C[N-][Si](C)(C)[c-]1ccc2cc(C)c(C)cc21.[Li+].[Li+]. The monoisotopic (exact) mass is 243 g/mol. The fourth-order valence-corrected chi connectivity index (χ4v) is 3.73. The van der Waals surface area contributed by atoms with Crippen molar-refractivity contribution in [2.75, 3.05) is 7.05 Å². The van der Waals surface area contributed by atoms with Crippen molar-refractivity contribution < 1.29 is 37.7 Å². The molecule has 2 aromatic carbocycles. The molecule has 0 radical (unpaired) electrons. The van der Waals surface area contributed by atoms with Crippen molar-refractivity contribution in [1.82, 2.24) is 0 Å². The largest absolute Gasteiger partial charge is 1.00 e. The zero-order valence-corrected chi connectivity index (χ0v) is 13.8. The van der Waals surface area contributed by atoms with E-state index in [1.807, 2.05) is 7.05 Å². The fourth-order valence-electron chi connectivity index (χ4n) is 2.13. The number of nitrogens with zero attached hydrogens (tertiary/aromatic N) is 1. The predicted molar refractivity (Wildman–Crippen MR) is 75.4 cm³/mol. The molecule has 0 bridgehead atoms. The first-order valence-corrected chi connectivity index (χ1v) is 8.68. The maximum atomic E-state index is 4.60. The Kier molecular flexibility index (Phi) is 6.65. The first-order chi connectivity index (χ1) is 7.45. The topological polar surface area (TPSA) is 14.1 Å². The molecule has 86 valence electrons. The summed E-state index contributed by atoms with van der Waals surface area (Å²) >= 11 is 0. The number of aryl methyl sites for hydroxylation is 2. The van der Waals surface area contributed by atoms with Gasteiger partial charge in [0.2, 0.25) is 0 Å². The molecule has 0 amide bonds. The Balaban J connectivity index is 0.00000144. The van der Waals surface area contributed by atoms with Gasteiger partial charge in [-0.25, -0.2) is 0 Å². The van der Waals surface area contributed by atoms with Crippen LogP contribution in [0.15, 0.2) is 24.3 Å². The second-order valence-electron chi connectivity index (χ2n) is 5.05. The fraction of sp³-hybridized carbons (Fsp3) is 0.357. The van der Waals surface area contributed by atoms with E-state index >= 15 is 0 Å². The number of benzene rings is 1. The molecule has 0 unspecified atom stereocenters. The summed E-state index contributed by atoms with van der Waals surface area (Å²) < 4.78 is 0. The molecule has 2 aromatic rings. The Morgan fingerprint density at radius 1 is 1.06 bits per heavy atom. The molecule has 0 saturated heterocycles. The number of rotatable bonds is 2. The van der Waals surface area contributed by atoms with Gasteiger partial charge in [-0.05, 0) is 13.8 Å². The molecule has 0 fully saturated rings. The molecule has 4 heteroatoms. The second kappa shape index (κ2) is 6.58. The van der Waals surface area contributed by atoms with Crippen LogP contribution < -0.4 is 42.9 Å². The second-order valence-corrected chi connectivity index (χ2v) is 9.16. The summed E-state index contributed by atoms with van der Waals surface area (Å²) in [6.07, 6.45) is 0. The molecule has 18 heavy (non-hydrogen) atoms. The van der Waals surface area contributed by atoms with Crippen LogP contribution in [0, 0.1) is 13.8 Å². The van der Waals surface area contributed by atoms with Gasteiger partial charge in [-0.2, -0.15) is 29.8 Å². The Morgan fingerprint density at radius 3 is 2.17 bits per heavy atom. The van der Waals surface area contributed by atoms with Crippen molar-refractivity contribution >= 4 is 24.2 Å². The van der Waals surface area contributed by atoms with E-state index in [1.54, 1.807) is 0 Å². The molecule has 0 saturated carbocycles. The summed E-state index contributed by atoms with van der Waals surface area (Å²) in [5.74, 6) is 0. The van der Waals surface area contributed by atoms with Crippen molar-refractivity contribution in [3.63, 3.8) is 0 Å². The Bertz CT molecular complexity index is 532. The van der Waals surface area contributed by atoms with Crippen LogP contribution in [0.3, 0.4) is 0 Å². The number of fused-ring (bicyclic) bond motifs is 1. The predicted octanol–water partition coefficient (Wildman–Crippen LogP) is -2.40. The third-order valence-corrected chi connectivity index (χ3v) is 6.48. The van der Waals surface area contributed by atoms with Gasteiger partial charge in [0.25, 0.3) is 0 Å². The summed E-state index contributed by atoms with van der Waals surface area (Å²) in [6, 6.07) is 9.11. The molecule has 0 aliphatic carbocycles. The average Bonchev–Trinajstić information content (AvgIpc) is 2.62. The van der Waals surface area contributed by atoms with Crippen LogP contribution in [-0.4, -0.2) is 15.3 Å². The van der Waals surface area contributed by atoms with E-state index in [0.29, 0.717) is 0 Å². The summed E-state index contributed by atoms with van der Waals surface area (Å²) in [5, 5.41) is 4.24. The quantitative estimate of drug-likeness (QED) is 0.412. The zero-order chi connectivity index (χ0) is 11.9. The minimum atomic E-state index is -1.58. The number of hydrogen-bond donors (Lipinski definition) is 0. The van der Waals surface area contributed by atoms with E-state index in [4.69, 9.17) is 0 Å². The van der Waals surface area contributed by atoms with Crippen LogP contribution in [0.1, 0.15) is 11.1 Å². The molecule has 1 nitrogen and oxygen atoms in total. The Labute approximate surface area is 136 Å². The average molecular weight is 243 g/mol. The zero-order valence-electron chi connectivity index (χ0n) is 12.8. The maximum Gasteiger partial charge on any atom is 1.00 e. The van der Waals surface area contributed by atoms with Gasteiger partial charge in [-0.3, -0.25) is 0 Å². The van der Waals surface area contributed by atoms with Crippen molar-refractivity contribution in [2.24, 2.45) is 0 Å². The Hall–Kier alpha value is 0.202. The molecule has 0 aromatic heterocycles. The van der Waals surface area contributed by atoms with Crippen LogP contribution in [0.5, 0.6) is 0 Å². The number of hydrogen-bond acceptors (Lipinski definition) is 0. The summed E-state index contributed by atoms with van der Waals surface area (Å²) in [7, 11) is 0.370. The summed E-state index contributed by atoms with van der Waals surface area (Å²) in [5.41, 5.74) is 2.75. The van der Waals surface area contributed by atoms with Gasteiger partial charge in [0.05, 0.1) is 0 Å². The van der Waals surface area contributed by atoms with Crippen LogP contribution in [0.2, 0.25) is 13.1 Å². The minimum absolute atomic E-state index is 0. The minimum Gasteiger partial charge on any atom is -0.671 e. The van der Waals surface area contributed by atoms with E-state index in [0.717, 1.165) is 0 Å². The van der Waals surface area contributed by atoms with Crippen LogP contribution in [0.25, 0.3) is 15.8 Å². The smallest absolute Gasteiger partial charge is 0.671 e. The van der Waals surface area contributed by atoms with Gasteiger partial charge in [0, 0.05) is 0 Å². The van der Waals surface area contributed by atoms with Gasteiger partial charge < -0.3 is 4.98 Å². The van der Waals surface area contributed by atoms with Crippen molar-refractivity contribution in [3.8, 4) is 0 Å². The normalized spacial score (nSPS) is 10.9. The molecular formula is C14H19Li2NSi. The van der Waals surface area contributed by atoms with E-state index < -0.39 is 8.24 Å². The first-order valence-electron chi connectivity index (χ1n) is 5.74. The molecule has 0 aliphatic rings. The third-order valence-electron chi connectivity index (χ3n) is 3.60. The molecular weight excluding hydrogens is 224 g/mol. The van der Waals surface area contributed by atoms with Crippen LogP contribution >= 0.6 is 0 Å². The first kappa shape index (κ1) is 18.2. The molecule has 0 aliphatic heterocycles. The standard InChI is InChI=1S/C14H19NSi.2Li/c1-10-8-12-6-7-14(16(4,5)15-3)13(12)9-11(10)2;;/h6-9H,1-5H3;;/q-2;2*+1. The molecule has 0 atom stereocenters. The van der Waals surface area contributed by atoms with Gasteiger partial charge in [0.15, 0.2) is 0 Å². The summed E-state index contributed by atoms with van der Waals surface area (Å²) in [6.45, 7) is 8.96. The van der Waals surface area contributed by atoms with Crippen molar-refractivity contribution in [2.45, 2.75) is 26.9 Å². The molecule has 0 heterocycles. The Morgan fingerprint density at radius 2 is 1.61 bits per heavy atom. The molecule has 0 N–H and O–H groups in total. The van der Waals surface area contributed by atoms with E-state index in [1.165, 1.54) is 27.1 Å². The van der Waals surface area contributed by atoms with Gasteiger partial charge in [-0.15, -0.1) is 17.5 Å². The van der Waals surface area contributed by atoms with E-state index in [-0.39, 0.29) is 37.7 Å². The van der Waals surface area contributed by atoms with Crippen LogP contribution in [0.4, 0.5) is 0 Å². The molecule has 2 rings (SSSR count). The molecule has 0 spiro atoms. The van der Waals surface area contributed by atoms with Gasteiger partial charge in [0.1, 0.15) is 0 Å². The van der Waals surface area contributed by atoms with Crippen molar-refractivity contribution in [1.29, 1.82) is 0 Å². The van der Waals surface area contributed by atoms with Gasteiger partial charge in [-0.1, -0.05) is 32.5 Å². The van der Waals surface area contributed by atoms with E-state index in [9.17, 15) is 0 Å². The third kappa shape index (κ3) is 3.20. The summed E-state index contributed by atoms with van der Waals surface area (Å²) in [4.78, 5) is 4.60. The maximum absolute atomic E-state index is 4.60. The van der Waals surface area contributed by atoms with Crippen molar-refractivity contribution in [3.05, 3.63) is 40.4 Å².